The molecule has 0 fully saturated rings. The molecule has 4 N–H and O–H groups in total. The van der Waals surface area contributed by atoms with Gasteiger partial charge in [0.1, 0.15) is 0 Å². The monoisotopic (exact) mass is 274 g/mol. The molecule has 0 aromatic heterocycles. The van der Waals surface area contributed by atoms with Gasteiger partial charge in [-0.3, -0.25) is 4.79 Å². The van der Waals surface area contributed by atoms with Gasteiger partial charge < -0.3 is 30.3 Å². The Morgan fingerprint density at radius 2 is 1.56 bits per heavy atom. The molecule has 0 saturated heterocycles. The van der Waals surface area contributed by atoms with E-state index >= 15 is 0 Å². The van der Waals surface area contributed by atoms with Crippen molar-refractivity contribution in [3.05, 3.63) is 0 Å². The Labute approximate surface area is 127 Å². The molecule has 9 heteroatoms. The number of rotatable bonds is 5. The topological polar surface area (TPSA) is 141 Å². The van der Waals surface area contributed by atoms with Gasteiger partial charge in [-0.25, -0.2) is 4.79 Å². The predicted molar refractivity (Wildman–Crippen MR) is 62.9 cm³/mol. The number of quaternary nitrogens is 1. The minimum atomic E-state index is -1.54. The fourth-order valence-electron chi connectivity index (χ4n) is 0.677. The fraction of sp³-hybridized carbons (Fsp3) is 0.667. The van der Waals surface area contributed by atoms with Crippen molar-refractivity contribution in [2.75, 3.05) is 27.7 Å². The first-order chi connectivity index (χ1) is 7.45. The van der Waals surface area contributed by atoms with Crippen molar-refractivity contribution in [3.8, 4) is 0 Å². The molecule has 0 amide bonds. The second-order valence-electron chi connectivity index (χ2n) is 4.37. The minimum absolute atomic E-state index is 0. The van der Waals surface area contributed by atoms with Crippen molar-refractivity contribution in [2.24, 2.45) is 5.73 Å². The molecule has 8 nitrogen and oxygen atoms in total. The van der Waals surface area contributed by atoms with Crippen molar-refractivity contribution in [1.82, 2.24) is 0 Å². The zero-order valence-electron chi connectivity index (χ0n) is 10.0. The van der Waals surface area contributed by atoms with Crippen molar-refractivity contribution in [2.45, 2.75) is 12.5 Å². The summed E-state index contributed by atoms with van der Waals surface area (Å²) in [5.41, 5.74) is 4.77. The van der Waals surface area contributed by atoms with Gasteiger partial charge >= 0.3 is 41.5 Å². The molecule has 0 radical (unpaired) electrons. The van der Waals surface area contributed by atoms with E-state index in [2.05, 4.69) is 0 Å². The quantitative estimate of drug-likeness (QED) is 0.351. The molecule has 0 aromatic carbocycles. The first-order valence-corrected chi connectivity index (χ1v) is 4.66. The van der Waals surface area contributed by atoms with Gasteiger partial charge in [-0.1, -0.05) is 0 Å². The summed E-state index contributed by atoms with van der Waals surface area (Å²) in [6.45, 7) is 0.181. The summed E-state index contributed by atoms with van der Waals surface area (Å²) in [4.78, 5) is 29.5. The first-order valence-electron chi connectivity index (χ1n) is 4.66. The number of carboxylic acids is 3. The average molecular weight is 274 g/mol. The molecule has 0 aliphatic carbocycles. The Hall–Kier alpha value is -0.670. The maximum absolute atomic E-state index is 10.00. The summed E-state index contributed by atoms with van der Waals surface area (Å²) >= 11 is 0. The van der Waals surface area contributed by atoms with Gasteiger partial charge in [0.15, 0.2) is 6.54 Å². The second-order valence-corrected chi connectivity index (χ2v) is 4.37. The van der Waals surface area contributed by atoms with E-state index in [4.69, 9.17) is 15.9 Å². The average Bonchev–Trinajstić information content (AvgIpc) is 1.98. The van der Waals surface area contributed by atoms with Crippen molar-refractivity contribution < 1.29 is 34.2 Å². The first kappa shape index (κ1) is 22.5. The molecule has 0 aromatic rings. The summed E-state index contributed by atoms with van der Waals surface area (Å²) in [6.07, 6.45) is -0.595. The van der Waals surface area contributed by atoms with Crippen LogP contribution in [0.25, 0.3) is 0 Å². The molecule has 0 rings (SSSR count). The molecular formula is C9H19N2NaO6. The third-order valence-corrected chi connectivity index (χ3v) is 1.31. The van der Waals surface area contributed by atoms with Crippen molar-refractivity contribution in [3.63, 3.8) is 0 Å². The van der Waals surface area contributed by atoms with Gasteiger partial charge in [0.2, 0.25) is 0 Å². The van der Waals surface area contributed by atoms with Crippen molar-refractivity contribution in [1.29, 1.82) is 0 Å². The zero-order chi connectivity index (χ0) is 14.2. The van der Waals surface area contributed by atoms with Gasteiger partial charge in [0, 0.05) is 0 Å². The van der Waals surface area contributed by atoms with E-state index in [1.54, 1.807) is 0 Å². The van der Waals surface area contributed by atoms with Gasteiger partial charge in [-0.05, 0) is 0 Å². The number of hydrogen-bond donors (Lipinski definition) is 3. The van der Waals surface area contributed by atoms with Crippen LogP contribution in [0.15, 0.2) is 0 Å². The Kier molecular flexibility index (Phi) is 12.8. The molecule has 1 unspecified atom stereocenters. The van der Waals surface area contributed by atoms with Crippen LogP contribution in [-0.2, 0) is 14.4 Å². The number of aliphatic carboxylic acids is 3. The molecule has 0 aliphatic heterocycles. The summed E-state index contributed by atoms with van der Waals surface area (Å²) < 4.78 is 0.481. The Bertz CT molecular complexity index is 289. The van der Waals surface area contributed by atoms with Crippen LogP contribution in [0.3, 0.4) is 0 Å². The Balaban J connectivity index is -0.000000238. The van der Waals surface area contributed by atoms with E-state index in [1.807, 2.05) is 21.1 Å². The van der Waals surface area contributed by atoms with Crippen LogP contribution in [0.2, 0.25) is 0 Å². The maximum atomic E-state index is 10.00. The third-order valence-electron chi connectivity index (χ3n) is 1.31. The number of nitrogens with zero attached hydrogens (tertiary/aromatic N) is 1. The number of carbonyl (C=O) groups excluding carboxylic acids is 1. The second kappa shape index (κ2) is 10.3. The SMILES string of the molecule is C[N+](C)(C)CC(=O)O.NC(CC(=O)O)C(=O)[O-].[NaH]. The fourth-order valence-corrected chi connectivity index (χ4v) is 0.677. The molecule has 0 bridgehead atoms. The summed E-state index contributed by atoms with van der Waals surface area (Å²) in [5, 5.41) is 25.9. The van der Waals surface area contributed by atoms with Gasteiger partial charge in [-0.15, -0.1) is 0 Å². The van der Waals surface area contributed by atoms with Crippen LogP contribution in [0.1, 0.15) is 6.42 Å². The normalized spacial score (nSPS) is 11.3. The summed E-state index contributed by atoms with van der Waals surface area (Å²) in [5.74, 6) is -3.54. The van der Waals surface area contributed by atoms with E-state index in [0.29, 0.717) is 4.48 Å². The zero-order valence-corrected chi connectivity index (χ0v) is 10.0. The van der Waals surface area contributed by atoms with E-state index in [9.17, 15) is 19.5 Å². The van der Waals surface area contributed by atoms with E-state index in [0.717, 1.165) is 0 Å². The van der Waals surface area contributed by atoms with E-state index in [1.165, 1.54) is 0 Å². The van der Waals surface area contributed by atoms with Crippen LogP contribution < -0.4 is 10.8 Å². The Morgan fingerprint density at radius 3 is 1.61 bits per heavy atom. The van der Waals surface area contributed by atoms with Gasteiger partial charge in [0.25, 0.3) is 0 Å². The Morgan fingerprint density at radius 1 is 1.17 bits per heavy atom. The number of carbonyl (C=O) groups is 3. The predicted octanol–water partition coefficient (Wildman–Crippen LogP) is -3.33. The molecular weight excluding hydrogens is 255 g/mol. The number of nitrogens with two attached hydrogens (primary N) is 1. The summed E-state index contributed by atoms with van der Waals surface area (Å²) in [7, 11) is 5.52. The number of carboxylic acid groups (broad SMARTS) is 3. The van der Waals surface area contributed by atoms with E-state index in [-0.39, 0.29) is 36.1 Å². The van der Waals surface area contributed by atoms with Crippen LogP contribution in [-0.4, -0.2) is 95.9 Å². The number of likely N-dealkylation sites (N-methyl/N-ethyl adjacent to an activating group) is 1. The van der Waals surface area contributed by atoms with E-state index < -0.39 is 30.4 Å². The molecule has 0 spiro atoms. The number of hydrogen-bond acceptors (Lipinski definition) is 5. The van der Waals surface area contributed by atoms with Crippen LogP contribution >= 0.6 is 0 Å². The standard InChI is InChI=1S/C5H11NO2.C4H7NO4.Na.H/c1-6(2,3)4-5(7)8;5-2(4(8)9)1-3(6)7;;/h4H2,1-3H3;2H,1,5H2,(H,6,7)(H,8,9);;. The molecule has 0 heterocycles. The summed E-state index contributed by atoms with van der Waals surface area (Å²) in [6, 6.07) is -1.40. The van der Waals surface area contributed by atoms with Crippen LogP contribution in [0.5, 0.6) is 0 Å². The molecule has 0 saturated carbocycles. The van der Waals surface area contributed by atoms with Crippen molar-refractivity contribution >= 4 is 47.5 Å². The molecule has 0 aliphatic rings. The molecule has 1 atom stereocenters. The van der Waals surface area contributed by atoms with Crippen LogP contribution in [0, 0.1) is 0 Å². The van der Waals surface area contributed by atoms with Crippen LogP contribution in [0.4, 0.5) is 0 Å². The molecule has 18 heavy (non-hydrogen) atoms. The molecule has 102 valence electrons. The third kappa shape index (κ3) is 20.7. The van der Waals surface area contributed by atoms with Gasteiger partial charge in [-0.2, -0.15) is 0 Å². The van der Waals surface area contributed by atoms with Gasteiger partial charge in [0.05, 0.1) is 39.6 Å².